The Hall–Kier alpha value is -3.27. The van der Waals surface area contributed by atoms with E-state index >= 15 is 0 Å². The van der Waals surface area contributed by atoms with E-state index in [2.05, 4.69) is 0 Å². The molecular formula is C22H16O5. The molecule has 2 aromatic carbocycles. The Labute approximate surface area is 155 Å². The van der Waals surface area contributed by atoms with Crippen molar-refractivity contribution in [1.82, 2.24) is 0 Å². The van der Waals surface area contributed by atoms with Crippen molar-refractivity contribution < 1.29 is 23.9 Å². The van der Waals surface area contributed by atoms with Crippen molar-refractivity contribution in [3.05, 3.63) is 77.9 Å². The van der Waals surface area contributed by atoms with E-state index in [0.717, 1.165) is 11.1 Å². The van der Waals surface area contributed by atoms with Crippen molar-refractivity contribution in [2.24, 2.45) is 5.92 Å². The van der Waals surface area contributed by atoms with Crippen molar-refractivity contribution in [2.75, 3.05) is 7.11 Å². The third-order valence-corrected chi connectivity index (χ3v) is 5.05. The van der Waals surface area contributed by atoms with Gasteiger partial charge in [-0.3, -0.25) is 9.59 Å². The zero-order chi connectivity index (χ0) is 19.0. The highest BCUT2D eigenvalue weighted by Crippen LogP contribution is 2.48. The van der Waals surface area contributed by atoms with Gasteiger partial charge in [-0.15, -0.1) is 0 Å². The summed E-state index contributed by atoms with van der Waals surface area (Å²) in [5, 5.41) is 0. The number of fused-ring (bicyclic) bond motifs is 2. The molecule has 0 amide bonds. The molecule has 0 aliphatic carbocycles. The lowest BCUT2D eigenvalue weighted by Crippen LogP contribution is -2.45. The van der Waals surface area contributed by atoms with Crippen LogP contribution in [0.15, 0.2) is 72.3 Å². The average Bonchev–Trinajstić information content (AvgIpc) is 3.31. The molecule has 1 saturated heterocycles. The maximum absolute atomic E-state index is 13.2. The van der Waals surface area contributed by atoms with Crippen LogP contribution in [0, 0.1) is 5.92 Å². The number of hydrogen-bond donors (Lipinski definition) is 0. The van der Waals surface area contributed by atoms with Crippen molar-refractivity contribution in [2.45, 2.75) is 11.7 Å². The molecule has 2 aromatic rings. The number of ether oxygens (including phenoxy) is 2. The SMILES string of the molecule is COC(=O)C1C(=C=O)C2C=CC1(C(=O)c1ccc(-c3ccccc3)cc1)O2. The Kier molecular flexibility index (Phi) is 4.11. The van der Waals surface area contributed by atoms with Crippen LogP contribution in [-0.2, 0) is 19.1 Å². The maximum atomic E-state index is 13.2. The predicted molar refractivity (Wildman–Crippen MR) is 97.7 cm³/mol. The molecule has 4 rings (SSSR count). The molecule has 0 N–H and O–H groups in total. The molecule has 2 bridgehead atoms. The van der Waals surface area contributed by atoms with Gasteiger partial charge in [-0.1, -0.05) is 60.7 Å². The first kappa shape index (κ1) is 17.2. The molecule has 0 saturated carbocycles. The van der Waals surface area contributed by atoms with Gasteiger partial charge in [-0.05, 0) is 17.2 Å². The zero-order valence-electron chi connectivity index (χ0n) is 14.5. The quantitative estimate of drug-likeness (QED) is 0.363. The molecule has 3 unspecified atom stereocenters. The second-order valence-corrected chi connectivity index (χ2v) is 6.48. The summed E-state index contributed by atoms with van der Waals surface area (Å²) in [6.07, 6.45) is 2.43. The lowest BCUT2D eigenvalue weighted by atomic mass is 9.75. The van der Waals surface area contributed by atoms with Crippen LogP contribution >= 0.6 is 0 Å². The van der Waals surface area contributed by atoms with Gasteiger partial charge in [0.05, 0.1) is 12.7 Å². The van der Waals surface area contributed by atoms with Crippen molar-refractivity contribution in [3.63, 3.8) is 0 Å². The molecule has 2 heterocycles. The van der Waals surface area contributed by atoms with Gasteiger partial charge >= 0.3 is 5.97 Å². The topological polar surface area (TPSA) is 69.7 Å². The number of Topliss-reactive ketones (excluding diaryl/α,β-unsaturated/α-hetero) is 1. The summed E-state index contributed by atoms with van der Waals surface area (Å²) in [7, 11) is 1.22. The van der Waals surface area contributed by atoms with Crippen molar-refractivity contribution >= 4 is 17.7 Å². The molecule has 3 atom stereocenters. The third-order valence-electron chi connectivity index (χ3n) is 5.05. The number of ketones is 1. The van der Waals surface area contributed by atoms with Crippen LogP contribution in [0.5, 0.6) is 0 Å². The van der Waals surface area contributed by atoms with Gasteiger partial charge in [0.25, 0.3) is 0 Å². The highest BCUT2D eigenvalue weighted by molar-refractivity contribution is 6.09. The summed E-state index contributed by atoms with van der Waals surface area (Å²) in [6, 6.07) is 16.9. The number of methoxy groups -OCH3 is 1. The molecule has 1 fully saturated rings. The molecule has 0 radical (unpaired) electrons. The van der Waals surface area contributed by atoms with E-state index in [0.29, 0.717) is 5.56 Å². The zero-order valence-corrected chi connectivity index (χ0v) is 14.5. The second-order valence-electron chi connectivity index (χ2n) is 6.48. The Bertz CT molecular complexity index is 983. The minimum atomic E-state index is -1.56. The highest BCUT2D eigenvalue weighted by Gasteiger charge is 2.62. The third kappa shape index (κ3) is 2.56. The van der Waals surface area contributed by atoms with E-state index < -0.39 is 23.6 Å². The monoisotopic (exact) mass is 360 g/mol. The Morgan fingerprint density at radius 1 is 1.04 bits per heavy atom. The normalized spacial score (nSPS) is 25.3. The largest absolute Gasteiger partial charge is 0.468 e. The van der Waals surface area contributed by atoms with Crippen LogP contribution in [0.25, 0.3) is 11.1 Å². The Balaban J connectivity index is 1.71. The van der Waals surface area contributed by atoms with Crippen LogP contribution in [0.4, 0.5) is 0 Å². The number of benzene rings is 2. The lowest BCUT2D eigenvalue weighted by Gasteiger charge is -2.27. The fourth-order valence-corrected chi connectivity index (χ4v) is 3.71. The minimum absolute atomic E-state index is 0.0959. The molecule has 0 spiro atoms. The first-order chi connectivity index (χ1) is 13.1. The molecular weight excluding hydrogens is 344 g/mol. The van der Waals surface area contributed by atoms with Crippen LogP contribution in [0.1, 0.15) is 10.4 Å². The molecule has 134 valence electrons. The van der Waals surface area contributed by atoms with E-state index in [-0.39, 0.29) is 11.4 Å². The Morgan fingerprint density at radius 3 is 2.33 bits per heavy atom. The van der Waals surface area contributed by atoms with E-state index in [4.69, 9.17) is 9.47 Å². The van der Waals surface area contributed by atoms with Gasteiger partial charge in [-0.2, -0.15) is 0 Å². The molecule has 2 aliphatic rings. The smallest absolute Gasteiger partial charge is 0.317 e. The lowest BCUT2D eigenvalue weighted by molar-refractivity contribution is -0.147. The summed E-state index contributed by atoms with van der Waals surface area (Å²) < 4.78 is 10.6. The average molecular weight is 360 g/mol. The summed E-state index contributed by atoms with van der Waals surface area (Å²) >= 11 is 0. The first-order valence-electron chi connectivity index (χ1n) is 8.51. The summed E-state index contributed by atoms with van der Waals surface area (Å²) in [4.78, 5) is 36.8. The van der Waals surface area contributed by atoms with Gasteiger partial charge in [-0.25, -0.2) is 4.79 Å². The minimum Gasteiger partial charge on any atom is -0.468 e. The maximum Gasteiger partial charge on any atom is 0.317 e. The van der Waals surface area contributed by atoms with Gasteiger partial charge < -0.3 is 9.47 Å². The standard InChI is InChI=1S/C22H16O5/c1-26-21(25)19-17(13-23)18-11-12-22(19,27-18)20(24)16-9-7-15(8-10-16)14-5-3-2-4-6-14/h2-12,18-19H,1H3. The van der Waals surface area contributed by atoms with E-state index in [1.165, 1.54) is 7.11 Å². The second kappa shape index (κ2) is 6.47. The van der Waals surface area contributed by atoms with Crippen LogP contribution in [-0.4, -0.2) is 36.5 Å². The number of carbonyl (C=O) groups is 2. The molecule has 0 aromatic heterocycles. The predicted octanol–water partition coefficient (Wildman–Crippen LogP) is 2.79. The number of carbonyl (C=O) groups excluding carboxylic acids is 3. The summed E-state index contributed by atoms with van der Waals surface area (Å²) in [5.41, 5.74) is 0.930. The Morgan fingerprint density at radius 2 is 1.70 bits per heavy atom. The number of esters is 1. The van der Waals surface area contributed by atoms with Crippen LogP contribution < -0.4 is 0 Å². The van der Waals surface area contributed by atoms with Crippen LogP contribution in [0.2, 0.25) is 0 Å². The van der Waals surface area contributed by atoms with E-state index in [1.807, 2.05) is 42.5 Å². The van der Waals surface area contributed by atoms with Gasteiger partial charge in [0.1, 0.15) is 18.0 Å². The van der Waals surface area contributed by atoms with Gasteiger partial charge in [0.2, 0.25) is 0 Å². The fraction of sp³-hybridized carbons (Fsp3) is 0.182. The first-order valence-corrected chi connectivity index (χ1v) is 8.51. The highest BCUT2D eigenvalue weighted by atomic mass is 16.5. The summed E-state index contributed by atoms with van der Waals surface area (Å²) in [5.74, 6) is -0.428. The number of hydrogen-bond acceptors (Lipinski definition) is 5. The van der Waals surface area contributed by atoms with Crippen molar-refractivity contribution in [3.8, 4) is 11.1 Å². The van der Waals surface area contributed by atoms with Gasteiger partial charge in [0.15, 0.2) is 11.4 Å². The molecule has 5 heteroatoms. The molecule has 27 heavy (non-hydrogen) atoms. The number of rotatable bonds is 4. The van der Waals surface area contributed by atoms with E-state index in [1.54, 1.807) is 30.2 Å². The fourth-order valence-electron chi connectivity index (χ4n) is 3.71. The van der Waals surface area contributed by atoms with Gasteiger partial charge in [0, 0.05) is 5.56 Å². The van der Waals surface area contributed by atoms with Crippen molar-refractivity contribution in [1.29, 1.82) is 0 Å². The van der Waals surface area contributed by atoms with Crippen LogP contribution in [0.3, 0.4) is 0 Å². The molecule has 5 nitrogen and oxygen atoms in total. The molecule has 2 aliphatic heterocycles. The van der Waals surface area contributed by atoms with E-state index in [9.17, 15) is 14.4 Å². The summed E-state index contributed by atoms with van der Waals surface area (Å²) in [6.45, 7) is 0.